The van der Waals surface area contributed by atoms with Gasteiger partial charge in [0.2, 0.25) is 30.1 Å². The Hall–Kier alpha value is -4.33. The van der Waals surface area contributed by atoms with Gasteiger partial charge in [-0.1, -0.05) is 124 Å². The molecule has 2 aromatic heterocycles. The third-order valence-corrected chi connectivity index (χ3v) is 24.1. The second-order valence-corrected chi connectivity index (χ2v) is 31.0. The average molecular weight is 1280 g/mol. The Morgan fingerprint density at radius 1 is 0.534 bits per heavy atom. The molecule has 10 unspecified atom stereocenters. The Labute approximate surface area is 524 Å². The molecule has 490 valence electrons. The Morgan fingerprint density at radius 2 is 1.07 bits per heavy atom. The number of hydrogen-bond donors (Lipinski definition) is 7. The molecule has 5 heterocycles. The highest BCUT2D eigenvalue weighted by molar-refractivity contribution is 7.90. The number of rotatable bonds is 36. The second-order valence-electron chi connectivity index (χ2n) is 25.5. The summed E-state index contributed by atoms with van der Waals surface area (Å²) in [7, 11) is -11.9. The lowest BCUT2D eigenvalue weighted by atomic mass is 9.78. The lowest BCUT2D eigenvalue weighted by Crippen LogP contribution is -2.43. The highest BCUT2D eigenvalue weighted by Crippen LogP contribution is 2.45. The number of fused-ring (bicyclic) bond motifs is 18. The predicted octanol–water partition coefficient (Wildman–Crippen LogP) is 10.8. The summed E-state index contributed by atoms with van der Waals surface area (Å²) in [5.41, 5.74) is 0.782. The molecule has 4 aromatic rings. The molecule has 2 fully saturated rings. The fourth-order valence-electron chi connectivity index (χ4n) is 13.7. The summed E-state index contributed by atoms with van der Waals surface area (Å²) < 4.78 is 113. The number of amidine groups is 2. The minimum Gasteiger partial charge on any atom is -0.381 e. The van der Waals surface area contributed by atoms with E-state index in [0.29, 0.717) is 139 Å². The van der Waals surface area contributed by atoms with E-state index in [2.05, 4.69) is 76.3 Å². The van der Waals surface area contributed by atoms with Crippen LogP contribution >= 0.6 is 0 Å². The number of aromatic amines is 2. The number of unbranched alkanes of at least 4 members (excludes halogenated alkanes) is 3. The first-order valence-corrected chi connectivity index (χ1v) is 38.2. The molecule has 2 aromatic carbocycles. The minimum atomic E-state index is -4.11. The molecule has 10 atom stereocenters. The molecule has 0 spiro atoms. The molecule has 0 amide bonds. The summed E-state index contributed by atoms with van der Waals surface area (Å²) in [5.74, 6) is 3.19. The van der Waals surface area contributed by atoms with Crippen LogP contribution in [0.3, 0.4) is 0 Å². The van der Waals surface area contributed by atoms with E-state index in [1.807, 2.05) is 6.07 Å². The summed E-state index contributed by atoms with van der Waals surface area (Å²) in [6, 6.07) is 10.3. The molecular formula is C65H103N11O9S3. The highest BCUT2D eigenvalue weighted by atomic mass is 32.2. The number of aliphatic imine (C=N–C) groups is 2. The van der Waals surface area contributed by atoms with Crippen LogP contribution in [-0.4, -0.2) is 124 Å². The third-order valence-electron chi connectivity index (χ3n) is 19.3. The fourth-order valence-corrected chi connectivity index (χ4v) is 17.7. The van der Waals surface area contributed by atoms with E-state index in [9.17, 15) is 25.3 Å². The van der Waals surface area contributed by atoms with Crippen LogP contribution in [0.25, 0.3) is 21.5 Å². The van der Waals surface area contributed by atoms with Crippen LogP contribution in [0.4, 0.5) is 11.6 Å². The van der Waals surface area contributed by atoms with Crippen LogP contribution < -0.4 is 35.8 Å². The first-order chi connectivity index (χ1) is 42.6. The van der Waals surface area contributed by atoms with Crippen molar-refractivity contribution in [3.8, 4) is 0 Å². The molecule has 2 aliphatic carbocycles. The van der Waals surface area contributed by atoms with Gasteiger partial charge < -0.3 is 34.8 Å². The van der Waals surface area contributed by atoms with Crippen LogP contribution in [0.15, 0.2) is 66.2 Å². The average Bonchev–Trinajstić information content (AvgIpc) is 1.77. The van der Waals surface area contributed by atoms with Crippen molar-refractivity contribution in [2.24, 2.45) is 61.4 Å². The maximum absolute atomic E-state index is 14.6. The number of nitrogens with one attached hydrogen (secondary N) is 7. The molecule has 2 saturated carbocycles. The smallest absolute Gasteiger partial charge is 0.241 e. The number of nitrogens with zero attached hydrogens (tertiary/aromatic N) is 4. The number of aromatic nitrogens is 2. The molecule has 0 radical (unpaired) electrons. The monoisotopic (exact) mass is 1280 g/mol. The van der Waals surface area contributed by atoms with Crippen LogP contribution in [0.1, 0.15) is 183 Å². The van der Waals surface area contributed by atoms with E-state index < -0.39 is 53.6 Å². The number of hydrogen-bond acceptors (Lipinski definition) is 15. The van der Waals surface area contributed by atoms with Crippen molar-refractivity contribution in [2.45, 2.75) is 210 Å². The zero-order valence-corrected chi connectivity index (χ0v) is 55.8. The van der Waals surface area contributed by atoms with Crippen LogP contribution in [-0.2, 0) is 44.3 Å². The van der Waals surface area contributed by atoms with Gasteiger partial charge >= 0.3 is 0 Å². The second kappa shape index (κ2) is 32.3. The molecular weight excluding hydrogens is 1170 g/mol. The van der Waals surface area contributed by atoms with Gasteiger partial charge in [0.25, 0.3) is 0 Å². The van der Waals surface area contributed by atoms with Gasteiger partial charge in [0, 0.05) is 104 Å². The van der Waals surface area contributed by atoms with Crippen molar-refractivity contribution in [3.63, 3.8) is 0 Å². The van der Waals surface area contributed by atoms with Crippen molar-refractivity contribution < 1.29 is 39.5 Å². The van der Waals surface area contributed by atoms with Gasteiger partial charge in [-0.3, -0.25) is 0 Å². The topological polar surface area (TPSA) is 271 Å². The van der Waals surface area contributed by atoms with Crippen LogP contribution in [0.5, 0.6) is 0 Å². The summed E-state index contributed by atoms with van der Waals surface area (Å²) in [6.07, 6.45) is 18.6. The molecule has 9 rings (SSSR count). The lowest BCUT2D eigenvalue weighted by Gasteiger charge is -2.33. The molecule has 88 heavy (non-hydrogen) atoms. The fraction of sp³-hybridized carbons (Fsp3) is 0.723. The standard InChI is InChI=1S/C65H103N11O9S3/c1-7-13-22-44(10-4)41-83-36-19-33-66-86(77,78)47-29-31-51-54(39-47)63-71-59-50-26-17-16-25-49(50)58(69-59)70-62-53-27-18-28-56(88(81,82)68-35-21-38-85-43-46(12-6)24-15-9-3)57(53)65(76-62)75-61-52-32-30-48(40-55(52)64(74-61)73-60(51)72-63)87(79,80)67-34-20-37-84-42-45(11-5)23-14-8-2/h18,27-29,31,39,44-46,48-50,52,55,58,61,66-68,72H,7-17,19-26,30,32-38,40-43H2,1-6H3,(H,69,71)(H,73,74)(H,70,75,76). The number of anilines is 2. The maximum atomic E-state index is 14.6. The zero-order valence-electron chi connectivity index (χ0n) is 53.3. The van der Waals surface area contributed by atoms with Gasteiger partial charge in [-0.15, -0.1) is 0 Å². The van der Waals surface area contributed by atoms with E-state index in [0.717, 1.165) is 95.7 Å². The lowest BCUT2D eigenvalue weighted by molar-refractivity contribution is 0.0927. The van der Waals surface area contributed by atoms with Gasteiger partial charge in [0.05, 0.1) is 15.0 Å². The molecule has 20 nitrogen and oxygen atoms in total. The molecule has 0 saturated heterocycles. The normalized spacial score (nSPS) is 23.1. The van der Waals surface area contributed by atoms with E-state index in [4.69, 9.17) is 34.2 Å². The largest absolute Gasteiger partial charge is 0.381 e. The summed E-state index contributed by atoms with van der Waals surface area (Å²) in [4.78, 5) is 28.7. The van der Waals surface area contributed by atoms with Gasteiger partial charge in [-0.2, -0.15) is 0 Å². The van der Waals surface area contributed by atoms with Crippen molar-refractivity contribution in [2.75, 3.05) is 69.9 Å². The third kappa shape index (κ3) is 17.0. The Bertz CT molecular complexity index is 3460. The number of benzene rings is 2. The van der Waals surface area contributed by atoms with Crippen molar-refractivity contribution in [3.05, 3.63) is 47.4 Å². The first-order valence-electron chi connectivity index (χ1n) is 33.7. The summed E-state index contributed by atoms with van der Waals surface area (Å²) >= 11 is 0. The van der Waals surface area contributed by atoms with Crippen LogP contribution in [0.2, 0.25) is 0 Å². The summed E-state index contributed by atoms with van der Waals surface area (Å²) in [6.45, 7) is 17.1. The minimum absolute atomic E-state index is 0.00839. The first kappa shape index (κ1) is 68.0. The number of H-pyrrole nitrogens is 2. The highest BCUT2D eigenvalue weighted by Gasteiger charge is 2.47. The Balaban J connectivity index is 1.04. The SMILES string of the molecule is CCCCC(CC)COCCCNS(=O)(=O)c1ccc2c3[nH]c(c2c1)NC1=NC(N=c2[nH]c(c4c(S(=O)(=O)NCCCOCC(CC)CCCC)cccc24)=NC2N=C(N3)C3CC(S(=O)(=O)NCCCOCC(CC)CCCC)CCC23)C2CCCCC12. The van der Waals surface area contributed by atoms with Gasteiger partial charge in [0.15, 0.2) is 0 Å². The molecule has 3 aliphatic heterocycles. The number of ether oxygens (including phenoxy) is 3. The quantitative estimate of drug-likeness (QED) is 0.0210. The van der Waals surface area contributed by atoms with Gasteiger partial charge in [-0.25, -0.2) is 59.4 Å². The molecule has 8 bridgehead atoms. The number of sulfonamides is 3. The predicted molar refractivity (Wildman–Crippen MR) is 352 cm³/mol. The van der Waals surface area contributed by atoms with E-state index in [-0.39, 0.29) is 53.6 Å². The zero-order chi connectivity index (χ0) is 62.3. The van der Waals surface area contributed by atoms with E-state index >= 15 is 0 Å². The Morgan fingerprint density at radius 3 is 1.66 bits per heavy atom. The van der Waals surface area contributed by atoms with Gasteiger partial charge in [-0.05, 0) is 113 Å². The van der Waals surface area contributed by atoms with Gasteiger partial charge in [0.1, 0.15) is 46.6 Å². The Kier molecular flexibility index (Phi) is 25.0. The van der Waals surface area contributed by atoms with Crippen molar-refractivity contribution in [1.82, 2.24) is 24.1 Å². The van der Waals surface area contributed by atoms with Crippen molar-refractivity contribution >= 4 is 74.9 Å². The van der Waals surface area contributed by atoms with Crippen LogP contribution in [0, 0.1) is 41.4 Å². The summed E-state index contributed by atoms with van der Waals surface area (Å²) in [5, 5.41) is 8.89. The van der Waals surface area contributed by atoms with Crippen molar-refractivity contribution in [1.29, 1.82) is 0 Å². The molecule has 7 N–H and O–H groups in total. The molecule has 23 heteroatoms. The maximum Gasteiger partial charge on any atom is 0.241 e. The van der Waals surface area contributed by atoms with E-state index in [1.165, 1.54) is 12.8 Å². The molecule has 5 aliphatic rings. The van der Waals surface area contributed by atoms with E-state index in [1.54, 1.807) is 30.3 Å².